The minimum absolute atomic E-state index is 0.142. The van der Waals surface area contributed by atoms with Crippen LogP contribution in [0.4, 0.5) is 0 Å². The first-order chi connectivity index (χ1) is 45.4. The summed E-state index contributed by atoms with van der Waals surface area (Å²) in [6.07, 6.45) is 5.32. The third-order valence-corrected chi connectivity index (χ3v) is 16.1. The van der Waals surface area contributed by atoms with Crippen molar-refractivity contribution in [2.24, 2.45) is 0 Å². The fourth-order valence-corrected chi connectivity index (χ4v) is 12.3. The standard InChI is InChI=1S/C74H49BN4O5/c1-74(2,3)49-36-37-76-67(41-49)79-59-35-32-47(48-39-65-69-66(40-48)84-73-68(56-24-10-14-30-63(56)83-73)75(69)72-71(81-65)57-25-11-15-31-64(57)82-72)38-58(59)55-34-33-52(43-62(55)79)80-51-23-16-22-50(42-51)77-44-78(61-29-13-12-28-60(61)77)70-53(45-18-6-4-7-19-45)26-17-27-54(70)46-20-8-5-9-21-46/h4-43H,1-3H3/i4D,5D,6D,7D,8D,9D,18D,19D,20D,21D. The first kappa shape index (κ1) is 38.7. The van der Waals surface area contributed by atoms with Crippen molar-refractivity contribution in [3.05, 3.63) is 254 Å². The number of ether oxygens (including phenoxy) is 3. The van der Waals surface area contributed by atoms with Gasteiger partial charge >= 0.3 is 6.71 Å². The summed E-state index contributed by atoms with van der Waals surface area (Å²) in [6, 6.07) is 50.8. The number of pyridine rings is 1. The molecule has 10 heteroatoms. The highest BCUT2D eigenvalue weighted by Crippen LogP contribution is 2.45. The van der Waals surface area contributed by atoms with E-state index in [1.165, 1.54) is 0 Å². The van der Waals surface area contributed by atoms with Crippen LogP contribution in [0.5, 0.6) is 34.7 Å². The van der Waals surface area contributed by atoms with E-state index in [2.05, 4.69) is 68.1 Å². The van der Waals surface area contributed by atoms with E-state index in [0.29, 0.717) is 62.7 Å². The SMILES string of the molecule is [2H]c1c([2H])c([2H])c(-c2cccc(-c3c([2H])c([2H])c([2H])c([2H])c3[2H])c2-[n+]2[c-]n(-c3cccc(Oc4ccc5c6cc(-c7cc8c9c(c7)Oc7c(oc%10ccccc7%10)B9c7c(oc9ccccc79)O8)ccc6n(-c6cc(C(C)(C)C)ccn6)c5c4)c3)c3ccccc32)c([2H])c1[2H]. The van der Waals surface area contributed by atoms with E-state index in [0.717, 1.165) is 71.6 Å². The molecule has 0 saturated carbocycles. The number of para-hydroxylation sites is 5. The summed E-state index contributed by atoms with van der Waals surface area (Å²) in [6.45, 7) is 6.17. The summed E-state index contributed by atoms with van der Waals surface area (Å²) in [7, 11) is 0. The van der Waals surface area contributed by atoms with Gasteiger partial charge in [-0.3, -0.25) is 13.7 Å². The quantitative estimate of drug-likeness (QED) is 0.0857. The van der Waals surface area contributed by atoms with Crippen LogP contribution in [0, 0.1) is 6.33 Å². The smallest absolute Gasteiger partial charge is 0.310 e. The zero-order valence-electron chi connectivity index (χ0n) is 55.2. The lowest BCUT2D eigenvalue weighted by Crippen LogP contribution is -2.56. The second-order valence-electron chi connectivity index (χ2n) is 22.1. The van der Waals surface area contributed by atoms with Crippen molar-refractivity contribution in [1.29, 1.82) is 0 Å². The number of rotatable bonds is 8. The molecule has 0 radical (unpaired) electrons. The number of benzene rings is 10. The van der Waals surface area contributed by atoms with Crippen LogP contribution in [-0.4, -0.2) is 20.8 Å². The highest BCUT2D eigenvalue weighted by molar-refractivity contribution is 6.99. The van der Waals surface area contributed by atoms with Crippen LogP contribution in [0.2, 0.25) is 0 Å². The molecule has 15 aromatic rings. The lowest BCUT2D eigenvalue weighted by atomic mass is 9.37. The Bertz CT molecular complexity index is 5680. The monoisotopic (exact) mass is 1090 g/mol. The van der Waals surface area contributed by atoms with Crippen molar-refractivity contribution in [3.63, 3.8) is 0 Å². The molecule has 84 heavy (non-hydrogen) atoms. The van der Waals surface area contributed by atoms with Crippen LogP contribution >= 0.6 is 0 Å². The minimum Gasteiger partial charge on any atom is -0.466 e. The number of imidazole rings is 1. The maximum absolute atomic E-state index is 9.13. The van der Waals surface area contributed by atoms with Crippen LogP contribution < -0.4 is 35.4 Å². The van der Waals surface area contributed by atoms with Gasteiger partial charge in [-0.1, -0.05) is 166 Å². The van der Waals surface area contributed by atoms with E-state index in [-0.39, 0.29) is 40.1 Å². The molecule has 0 amide bonds. The molecule has 398 valence electrons. The molecule has 7 heterocycles. The Morgan fingerprint density at radius 1 is 0.548 bits per heavy atom. The maximum atomic E-state index is 9.13. The maximum Gasteiger partial charge on any atom is 0.310 e. The molecule has 2 aliphatic heterocycles. The Labute approximate surface area is 497 Å². The average Bonchev–Trinajstić information content (AvgIpc) is 1.75. The second-order valence-corrected chi connectivity index (χ2v) is 22.1. The topological polar surface area (TPSA) is 80.6 Å². The Morgan fingerprint density at radius 2 is 1.25 bits per heavy atom. The number of hydrogen-bond donors (Lipinski definition) is 0. The molecule has 0 N–H and O–H groups in total. The molecular formula is C74H49BN4O5. The van der Waals surface area contributed by atoms with Gasteiger partial charge in [0.25, 0.3) is 12.3 Å². The Kier molecular flexibility index (Phi) is 8.46. The predicted octanol–water partition coefficient (Wildman–Crippen LogP) is 16.5. The molecule has 0 atom stereocenters. The molecule has 5 aromatic heterocycles. The van der Waals surface area contributed by atoms with Gasteiger partial charge in [-0.15, -0.1) is 0 Å². The molecule has 9 nitrogen and oxygen atoms in total. The van der Waals surface area contributed by atoms with Crippen LogP contribution in [0.3, 0.4) is 0 Å². The summed E-state index contributed by atoms with van der Waals surface area (Å²) in [5.41, 5.74) is 10.2. The van der Waals surface area contributed by atoms with Crippen molar-refractivity contribution in [1.82, 2.24) is 14.1 Å². The van der Waals surface area contributed by atoms with Crippen LogP contribution in [0.15, 0.2) is 251 Å². The number of nitrogens with zero attached hydrogens (tertiary/aromatic N) is 4. The second kappa shape index (κ2) is 18.3. The Morgan fingerprint density at radius 3 is 2.04 bits per heavy atom. The van der Waals surface area contributed by atoms with Gasteiger partial charge in [0.15, 0.2) is 5.75 Å². The number of furan rings is 2. The summed E-state index contributed by atoms with van der Waals surface area (Å²) in [4.78, 5) is 5.00. The third-order valence-electron chi connectivity index (χ3n) is 16.1. The fourth-order valence-electron chi connectivity index (χ4n) is 12.3. The van der Waals surface area contributed by atoms with Gasteiger partial charge in [-0.2, -0.15) is 0 Å². The van der Waals surface area contributed by atoms with E-state index in [1.807, 2.05) is 128 Å². The van der Waals surface area contributed by atoms with Crippen molar-refractivity contribution in [3.8, 4) is 85.3 Å². The summed E-state index contributed by atoms with van der Waals surface area (Å²) in [5, 5.41) is 3.72. The summed E-state index contributed by atoms with van der Waals surface area (Å²) in [5.74, 6) is 4.06. The minimum atomic E-state index is -0.580. The van der Waals surface area contributed by atoms with Crippen molar-refractivity contribution in [2.45, 2.75) is 26.2 Å². The fraction of sp³-hybridized carbons (Fsp3) is 0.0541. The number of aromatic nitrogens is 4. The van der Waals surface area contributed by atoms with Crippen molar-refractivity contribution >= 4 is 78.1 Å². The summed E-state index contributed by atoms with van der Waals surface area (Å²) < 4.78 is 127. The average molecular weight is 1100 g/mol. The molecule has 0 unspecified atom stereocenters. The molecule has 0 bridgehead atoms. The van der Waals surface area contributed by atoms with Crippen molar-refractivity contribution < 1.29 is 41.3 Å². The molecule has 10 aromatic carbocycles. The van der Waals surface area contributed by atoms with E-state index in [1.54, 1.807) is 27.3 Å². The van der Waals surface area contributed by atoms with Gasteiger partial charge in [-0.25, -0.2) is 4.98 Å². The first-order valence-electron chi connectivity index (χ1n) is 32.5. The van der Waals surface area contributed by atoms with Gasteiger partial charge in [0.1, 0.15) is 45.6 Å². The van der Waals surface area contributed by atoms with Gasteiger partial charge in [0, 0.05) is 39.3 Å². The molecule has 0 saturated heterocycles. The van der Waals surface area contributed by atoms with Crippen LogP contribution in [0.25, 0.3) is 105 Å². The Balaban J connectivity index is 0.792. The lowest BCUT2D eigenvalue weighted by Gasteiger charge is -2.29. The molecule has 17 rings (SSSR count). The van der Waals surface area contributed by atoms with Gasteiger partial charge in [0.05, 0.1) is 52.5 Å². The largest absolute Gasteiger partial charge is 0.466 e. The van der Waals surface area contributed by atoms with E-state index in [9.17, 15) is 0 Å². The number of hydrogen-bond acceptors (Lipinski definition) is 6. The van der Waals surface area contributed by atoms with Gasteiger partial charge < -0.3 is 23.0 Å². The van der Waals surface area contributed by atoms with Crippen molar-refractivity contribution in [2.75, 3.05) is 0 Å². The number of fused-ring (bicyclic) bond motifs is 12. The zero-order chi connectivity index (χ0) is 64.5. The Hall–Kier alpha value is -10.8. The van der Waals surface area contributed by atoms with E-state index < -0.39 is 60.4 Å². The first-order valence-corrected chi connectivity index (χ1v) is 27.5. The lowest BCUT2D eigenvalue weighted by molar-refractivity contribution is -0.571. The van der Waals surface area contributed by atoms with E-state index >= 15 is 0 Å². The predicted molar refractivity (Wildman–Crippen MR) is 335 cm³/mol. The highest BCUT2D eigenvalue weighted by Gasteiger charge is 2.47. The van der Waals surface area contributed by atoms with E-state index in [4.69, 9.17) is 41.7 Å². The van der Waals surface area contributed by atoms with Gasteiger partial charge in [0.2, 0.25) is 0 Å². The molecular weight excluding hydrogens is 1040 g/mol. The van der Waals surface area contributed by atoms with Gasteiger partial charge in [-0.05, 0) is 129 Å². The molecule has 2 aliphatic rings. The molecule has 0 spiro atoms. The summed E-state index contributed by atoms with van der Waals surface area (Å²) >= 11 is 0. The highest BCUT2D eigenvalue weighted by atomic mass is 16.6. The zero-order valence-corrected chi connectivity index (χ0v) is 45.2. The molecule has 0 aliphatic carbocycles. The molecule has 0 fully saturated rings. The van der Waals surface area contributed by atoms with Crippen LogP contribution in [-0.2, 0) is 5.41 Å². The third kappa shape index (κ3) is 7.50. The normalized spacial score (nSPS) is 14.3. The van der Waals surface area contributed by atoms with Crippen LogP contribution in [0.1, 0.15) is 40.0 Å².